The number of rotatable bonds is 6. The zero-order valence-corrected chi connectivity index (χ0v) is 17.3. The normalized spacial score (nSPS) is 15.9. The Bertz CT molecular complexity index is 1170. The number of ether oxygens (including phenoxy) is 2. The Morgan fingerprint density at radius 2 is 1.83 bits per heavy atom. The third-order valence-corrected chi connectivity index (χ3v) is 5.98. The predicted octanol–water partition coefficient (Wildman–Crippen LogP) is 2.56. The van der Waals surface area contributed by atoms with Gasteiger partial charge in [-0.05, 0) is 23.6 Å². The number of amides is 1. The van der Waals surface area contributed by atoms with Gasteiger partial charge in [-0.2, -0.15) is 0 Å². The highest BCUT2D eigenvalue weighted by molar-refractivity contribution is 7.92. The van der Waals surface area contributed by atoms with Crippen molar-refractivity contribution in [1.82, 2.24) is 5.32 Å². The molecule has 0 radical (unpaired) electrons. The molecule has 0 saturated heterocycles. The fourth-order valence-electron chi connectivity index (χ4n) is 3.42. The highest BCUT2D eigenvalue weighted by atomic mass is 32.2. The summed E-state index contributed by atoms with van der Waals surface area (Å²) >= 11 is 0. The van der Waals surface area contributed by atoms with E-state index in [4.69, 9.17) is 9.47 Å². The maximum atomic E-state index is 12.6. The summed E-state index contributed by atoms with van der Waals surface area (Å²) in [6.45, 7) is 0.465. The van der Waals surface area contributed by atoms with Gasteiger partial charge in [0, 0.05) is 5.39 Å². The topological polar surface area (TPSA) is 84.9 Å². The maximum Gasteiger partial charge on any atom is 0.263 e. The molecule has 0 saturated carbocycles. The summed E-state index contributed by atoms with van der Waals surface area (Å²) in [6, 6.07) is 20.5. The van der Waals surface area contributed by atoms with E-state index in [1.807, 2.05) is 42.5 Å². The molecule has 1 aliphatic rings. The van der Waals surface area contributed by atoms with Gasteiger partial charge in [0.2, 0.25) is 10.0 Å². The van der Waals surface area contributed by atoms with Crippen molar-refractivity contribution >= 4 is 32.4 Å². The lowest BCUT2D eigenvalue weighted by Gasteiger charge is -2.33. The highest BCUT2D eigenvalue weighted by Gasteiger charge is 2.34. The van der Waals surface area contributed by atoms with Crippen molar-refractivity contribution in [2.24, 2.45) is 0 Å². The van der Waals surface area contributed by atoms with Gasteiger partial charge in [0.05, 0.1) is 25.0 Å². The number of nitrogens with zero attached hydrogens (tertiary/aromatic N) is 1. The molecule has 156 valence electrons. The van der Waals surface area contributed by atoms with Crippen molar-refractivity contribution < 1.29 is 22.7 Å². The van der Waals surface area contributed by atoms with Crippen LogP contribution in [0.1, 0.15) is 0 Å². The summed E-state index contributed by atoms with van der Waals surface area (Å²) in [7, 11) is -3.54. The predicted molar refractivity (Wildman–Crippen MR) is 116 cm³/mol. The van der Waals surface area contributed by atoms with Crippen LogP contribution < -0.4 is 19.1 Å². The van der Waals surface area contributed by atoms with Crippen LogP contribution in [0.15, 0.2) is 66.7 Å². The van der Waals surface area contributed by atoms with Crippen LogP contribution in [0.3, 0.4) is 0 Å². The molecule has 30 heavy (non-hydrogen) atoms. The first-order chi connectivity index (χ1) is 14.4. The van der Waals surface area contributed by atoms with Gasteiger partial charge in [-0.15, -0.1) is 0 Å². The number of sulfonamides is 1. The molecule has 3 aromatic carbocycles. The number of carbonyl (C=O) groups is 1. The molecule has 0 unspecified atom stereocenters. The molecule has 8 heteroatoms. The third kappa shape index (κ3) is 4.18. The van der Waals surface area contributed by atoms with E-state index in [1.54, 1.807) is 24.3 Å². The van der Waals surface area contributed by atoms with E-state index in [0.717, 1.165) is 22.8 Å². The number of para-hydroxylation sites is 2. The quantitative estimate of drug-likeness (QED) is 0.613. The summed E-state index contributed by atoms with van der Waals surface area (Å²) in [5.41, 5.74) is 0.434. The van der Waals surface area contributed by atoms with Crippen LogP contribution in [0.2, 0.25) is 0 Å². The average Bonchev–Trinajstić information content (AvgIpc) is 2.75. The van der Waals surface area contributed by atoms with Crippen LogP contribution >= 0.6 is 0 Å². The van der Waals surface area contributed by atoms with Crippen molar-refractivity contribution in [3.05, 3.63) is 66.7 Å². The number of hydrogen-bond donors (Lipinski definition) is 1. The maximum absolute atomic E-state index is 12.6. The fraction of sp³-hybridized carbons (Fsp3) is 0.227. The minimum atomic E-state index is -3.54. The van der Waals surface area contributed by atoms with Gasteiger partial charge in [0.25, 0.3) is 5.91 Å². The van der Waals surface area contributed by atoms with Crippen LogP contribution in [-0.2, 0) is 14.8 Å². The molecule has 1 aliphatic heterocycles. The zero-order valence-electron chi connectivity index (χ0n) is 16.4. The van der Waals surface area contributed by atoms with Gasteiger partial charge >= 0.3 is 0 Å². The molecular weight excluding hydrogens is 404 g/mol. The SMILES string of the molecule is CS(=O)(=O)N1C[C@H](C(=O)NCCOc2cccc3ccccc23)Oc2ccccc21. The second kappa shape index (κ2) is 8.23. The molecule has 3 aromatic rings. The van der Waals surface area contributed by atoms with Crippen molar-refractivity contribution in [2.45, 2.75) is 6.10 Å². The van der Waals surface area contributed by atoms with Gasteiger partial charge in [0.1, 0.15) is 18.1 Å². The molecule has 7 nitrogen and oxygen atoms in total. The Balaban J connectivity index is 1.37. The number of nitrogens with one attached hydrogen (secondary N) is 1. The molecule has 0 fully saturated rings. The van der Waals surface area contributed by atoms with Crippen LogP contribution in [0.25, 0.3) is 10.8 Å². The minimum Gasteiger partial charge on any atom is -0.491 e. The molecule has 1 amide bonds. The fourth-order valence-corrected chi connectivity index (χ4v) is 4.34. The number of hydrogen-bond acceptors (Lipinski definition) is 5. The standard InChI is InChI=1S/C22H22N2O5S/c1-30(26,27)24-15-21(29-20-11-5-4-10-18(20)24)22(25)23-13-14-28-19-12-6-8-16-7-2-3-9-17(16)19/h2-12,21H,13-15H2,1H3,(H,23,25)/t21-/m1/s1. The molecule has 1 N–H and O–H groups in total. The number of anilines is 1. The molecule has 1 heterocycles. The lowest BCUT2D eigenvalue weighted by atomic mass is 10.1. The first kappa shape index (κ1) is 20.0. The van der Waals surface area contributed by atoms with E-state index in [2.05, 4.69) is 5.32 Å². The van der Waals surface area contributed by atoms with Crippen LogP contribution in [0, 0.1) is 0 Å². The lowest BCUT2D eigenvalue weighted by Crippen LogP contribution is -2.51. The van der Waals surface area contributed by atoms with Crippen molar-refractivity contribution in [2.75, 3.05) is 30.3 Å². The first-order valence-corrected chi connectivity index (χ1v) is 11.4. The van der Waals surface area contributed by atoms with Gasteiger partial charge in [-0.3, -0.25) is 9.10 Å². The number of fused-ring (bicyclic) bond motifs is 2. The molecular formula is C22H22N2O5S. The summed E-state index contributed by atoms with van der Waals surface area (Å²) in [5.74, 6) is 0.717. The molecule has 0 spiro atoms. The summed E-state index contributed by atoms with van der Waals surface area (Å²) < 4.78 is 37.1. The monoisotopic (exact) mass is 426 g/mol. The van der Waals surface area contributed by atoms with E-state index in [1.165, 1.54) is 4.31 Å². The largest absolute Gasteiger partial charge is 0.491 e. The summed E-state index contributed by atoms with van der Waals surface area (Å²) in [6.07, 6.45) is 0.175. The Hall–Kier alpha value is -3.26. The molecule has 4 rings (SSSR count). The van der Waals surface area contributed by atoms with E-state index in [9.17, 15) is 13.2 Å². The molecule has 1 atom stereocenters. The van der Waals surface area contributed by atoms with Crippen molar-refractivity contribution in [1.29, 1.82) is 0 Å². The Kier molecular flexibility index (Phi) is 5.50. The summed E-state index contributed by atoms with van der Waals surface area (Å²) in [5, 5.41) is 4.84. The molecule has 0 aliphatic carbocycles. The first-order valence-electron chi connectivity index (χ1n) is 9.55. The third-order valence-electron chi connectivity index (χ3n) is 4.84. The van der Waals surface area contributed by atoms with Crippen molar-refractivity contribution in [3.8, 4) is 11.5 Å². The van der Waals surface area contributed by atoms with E-state index >= 15 is 0 Å². The second-order valence-corrected chi connectivity index (χ2v) is 8.89. The van der Waals surface area contributed by atoms with Gasteiger partial charge in [-0.1, -0.05) is 48.5 Å². The number of benzene rings is 3. The lowest BCUT2D eigenvalue weighted by molar-refractivity contribution is -0.127. The van der Waals surface area contributed by atoms with E-state index in [0.29, 0.717) is 11.4 Å². The summed E-state index contributed by atoms with van der Waals surface area (Å²) in [4.78, 5) is 12.6. The van der Waals surface area contributed by atoms with Crippen LogP contribution in [-0.4, -0.2) is 46.4 Å². The smallest absolute Gasteiger partial charge is 0.263 e. The van der Waals surface area contributed by atoms with E-state index < -0.39 is 16.1 Å². The van der Waals surface area contributed by atoms with Crippen molar-refractivity contribution in [3.63, 3.8) is 0 Å². The average molecular weight is 426 g/mol. The van der Waals surface area contributed by atoms with Crippen LogP contribution in [0.5, 0.6) is 11.5 Å². The van der Waals surface area contributed by atoms with Gasteiger partial charge < -0.3 is 14.8 Å². The minimum absolute atomic E-state index is 0.0775. The Morgan fingerprint density at radius 1 is 1.10 bits per heavy atom. The highest BCUT2D eigenvalue weighted by Crippen LogP contribution is 2.34. The Labute approximate surface area is 175 Å². The Morgan fingerprint density at radius 3 is 2.67 bits per heavy atom. The molecule has 0 aromatic heterocycles. The number of carbonyl (C=O) groups excluding carboxylic acids is 1. The van der Waals surface area contributed by atoms with Crippen LogP contribution in [0.4, 0.5) is 5.69 Å². The second-order valence-electron chi connectivity index (χ2n) is 6.99. The van der Waals surface area contributed by atoms with Gasteiger partial charge in [0.15, 0.2) is 6.10 Å². The van der Waals surface area contributed by atoms with Gasteiger partial charge in [-0.25, -0.2) is 8.42 Å². The zero-order chi connectivity index (χ0) is 21.1. The molecule has 0 bridgehead atoms. The van der Waals surface area contributed by atoms with E-state index in [-0.39, 0.29) is 25.6 Å².